The van der Waals surface area contributed by atoms with Crippen LogP contribution in [0.25, 0.3) is 0 Å². The predicted molar refractivity (Wildman–Crippen MR) is 55.3 cm³/mol. The van der Waals surface area contributed by atoms with Crippen LogP contribution in [0.2, 0.25) is 0 Å². The highest BCUT2D eigenvalue weighted by Gasteiger charge is 2.50. The van der Waals surface area contributed by atoms with Gasteiger partial charge in [0.1, 0.15) is 0 Å². The van der Waals surface area contributed by atoms with Crippen molar-refractivity contribution in [1.82, 2.24) is 10.2 Å². The lowest BCUT2D eigenvalue weighted by Crippen LogP contribution is -2.68. The van der Waals surface area contributed by atoms with Crippen molar-refractivity contribution in [2.75, 3.05) is 39.4 Å². The van der Waals surface area contributed by atoms with Crippen LogP contribution in [0.1, 0.15) is 13.3 Å². The lowest BCUT2D eigenvalue weighted by molar-refractivity contribution is -0.200. The van der Waals surface area contributed by atoms with Gasteiger partial charge in [-0.3, -0.25) is 4.90 Å². The van der Waals surface area contributed by atoms with Gasteiger partial charge in [0.15, 0.2) is 0 Å². The van der Waals surface area contributed by atoms with Crippen molar-refractivity contribution in [2.45, 2.75) is 19.4 Å². The van der Waals surface area contributed by atoms with Crippen LogP contribution in [-0.2, 0) is 4.74 Å². The molecule has 2 unspecified atom stereocenters. The van der Waals surface area contributed by atoms with Gasteiger partial charge in [-0.25, -0.2) is 0 Å². The number of rotatable bonds is 2. The highest BCUT2D eigenvalue weighted by atomic mass is 16.5. The summed E-state index contributed by atoms with van der Waals surface area (Å²) in [6.45, 7) is 9.43. The van der Waals surface area contributed by atoms with Crippen molar-refractivity contribution in [1.29, 1.82) is 0 Å². The maximum absolute atomic E-state index is 5.29. The summed E-state index contributed by atoms with van der Waals surface area (Å²) in [5, 5.41) is 3.45. The van der Waals surface area contributed by atoms with Gasteiger partial charge in [0, 0.05) is 24.5 Å². The van der Waals surface area contributed by atoms with E-state index in [1.54, 1.807) is 0 Å². The largest absolute Gasteiger partial charge is 0.380 e. The molecule has 0 radical (unpaired) electrons. The number of nitrogens with one attached hydrogen (secondary N) is 1. The van der Waals surface area contributed by atoms with Gasteiger partial charge in [-0.15, -0.1) is 0 Å². The Balaban J connectivity index is 1.52. The van der Waals surface area contributed by atoms with Crippen LogP contribution in [0, 0.1) is 11.3 Å². The van der Waals surface area contributed by atoms with E-state index >= 15 is 0 Å². The van der Waals surface area contributed by atoms with Gasteiger partial charge in [0.2, 0.25) is 0 Å². The maximum atomic E-state index is 5.29. The summed E-state index contributed by atoms with van der Waals surface area (Å²) in [6, 6.07) is 0.774. The molecule has 3 saturated heterocycles. The first-order valence-corrected chi connectivity index (χ1v) is 5.82. The van der Waals surface area contributed by atoms with Crippen LogP contribution in [0.3, 0.4) is 0 Å². The van der Waals surface area contributed by atoms with E-state index in [2.05, 4.69) is 17.1 Å². The molecule has 3 heterocycles. The third-order valence-corrected chi connectivity index (χ3v) is 4.25. The number of hydrogen-bond donors (Lipinski definition) is 1. The fourth-order valence-electron chi connectivity index (χ4n) is 3.06. The molecule has 3 aliphatic rings. The molecule has 80 valence electrons. The molecule has 3 fully saturated rings. The average molecular weight is 196 g/mol. The molecule has 0 aliphatic carbocycles. The number of ether oxygens (including phenoxy) is 1. The van der Waals surface area contributed by atoms with Gasteiger partial charge in [-0.1, -0.05) is 0 Å². The van der Waals surface area contributed by atoms with E-state index in [-0.39, 0.29) is 0 Å². The van der Waals surface area contributed by atoms with Crippen molar-refractivity contribution < 1.29 is 4.74 Å². The zero-order valence-corrected chi connectivity index (χ0v) is 8.96. The second-order valence-electron chi connectivity index (χ2n) is 5.39. The fourth-order valence-corrected chi connectivity index (χ4v) is 3.06. The SMILES string of the molecule is CC(C1CCNC1)N1CC2(COC2)C1. The van der Waals surface area contributed by atoms with Gasteiger partial charge in [-0.2, -0.15) is 0 Å². The van der Waals surface area contributed by atoms with Crippen molar-refractivity contribution in [3.05, 3.63) is 0 Å². The van der Waals surface area contributed by atoms with E-state index < -0.39 is 0 Å². The Morgan fingerprint density at radius 2 is 2.21 bits per heavy atom. The minimum Gasteiger partial charge on any atom is -0.380 e. The average Bonchev–Trinajstić information content (AvgIpc) is 2.49. The molecular weight excluding hydrogens is 176 g/mol. The molecule has 3 rings (SSSR count). The van der Waals surface area contributed by atoms with Crippen LogP contribution < -0.4 is 5.32 Å². The molecule has 3 aliphatic heterocycles. The highest BCUT2D eigenvalue weighted by molar-refractivity contribution is 5.02. The normalized spacial score (nSPS) is 37.9. The van der Waals surface area contributed by atoms with Crippen molar-refractivity contribution in [3.8, 4) is 0 Å². The number of nitrogens with zero attached hydrogens (tertiary/aromatic N) is 1. The van der Waals surface area contributed by atoms with E-state index in [4.69, 9.17) is 4.74 Å². The van der Waals surface area contributed by atoms with Crippen LogP contribution in [0.15, 0.2) is 0 Å². The Morgan fingerprint density at radius 1 is 1.43 bits per heavy atom. The standard InChI is InChI=1S/C11H20N2O/c1-9(10-2-3-12-4-10)13-5-11(6-13)7-14-8-11/h9-10,12H,2-8H2,1H3. The first-order valence-electron chi connectivity index (χ1n) is 5.82. The molecule has 1 N–H and O–H groups in total. The van der Waals surface area contributed by atoms with Gasteiger partial charge in [0.25, 0.3) is 0 Å². The Labute approximate surface area is 85.8 Å². The van der Waals surface area contributed by atoms with Crippen LogP contribution in [0.5, 0.6) is 0 Å². The van der Waals surface area contributed by atoms with E-state index in [0.717, 1.165) is 25.2 Å². The molecule has 0 aromatic heterocycles. The second kappa shape index (κ2) is 3.19. The molecular formula is C11H20N2O. The first-order chi connectivity index (χ1) is 6.79. The van der Waals surface area contributed by atoms with Gasteiger partial charge < -0.3 is 10.1 Å². The molecule has 3 heteroatoms. The van der Waals surface area contributed by atoms with Gasteiger partial charge >= 0.3 is 0 Å². The molecule has 3 nitrogen and oxygen atoms in total. The monoisotopic (exact) mass is 196 g/mol. The topological polar surface area (TPSA) is 24.5 Å². The summed E-state index contributed by atoms with van der Waals surface area (Å²) in [5.41, 5.74) is 0.584. The summed E-state index contributed by atoms with van der Waals surface area (Å²) in [4.78, 5) is 2.64. The van der Waals surface area contributed by atoms with Crippen LogP contribution >= 0.6 is 0 Å². The third kappa shape index (κ3) is 1.30. The fraction of sp³-hybridized carbons (Fsp3) is 1.00. The van der Waals surface area contributed by atoms with Gasteiger partial charge in [-0.05, 0) is 32.4 Å². The Kier molecular flexibility index (Phi) is 2.08. The molecule has 14 heavy (non-hydrogen) atoms. The van der Waals surface area contributed by atoms with E-state index in [1.165, 1.54) is 32.6 Å². The molecule has 2 atom stereocenters. The summed E-state index contributed by atoms with van der Waals surface area (Å²) in [6.07, 6.45) is 1.36. The van der Waals surface area contributed by atoms with E-state index in [0.29, 0.717) is 5.41 Å². The summed E-state index contributed by atoms with van der Waals surface area (Å²) in [7, 11) is 0. The summed E-state index contributed by atoms with van der Waals surface area (Å²) < 4.78 is 5.29. The quantitative estimate of drug-likeness (QED) is 0.688. The van der Waals surface area contributed by atoms with E-state index in [9.17, 15) is 0 Å². The lowest BCUT2D eigenvalue weighted by atomic mass is 9.76. The summed E-state index contributed by atoms with van der Waals surface area (Å²) in [5.74, 6) is 0.883. The maximum Gasteiger partial charge on any atom is 0.0569 e. The second-order valence-corrected chi connectivity index (χ2v) is 5.39. The lowest BCUT2D eigenvalue weighted by Gasteiger charge is -2.57. The van der Waals surface area contributed by atoms with E-state index in [1.807, 2.05) is 0 Å². The molecule has 0 aromatic rings. The van der Waals surface area contributed by atoms with Crippen molar-refractivity contribution in [3.63, 3.8) is 0 Å². The van der Waals surface area contributed by atoms with Crippen LogP contribution in [-0.4, -0.2) is 50.3 Å². The number of hydrogen-bond acceptors (Lipinski definition) is 3. The molecule has 1 spiro atoms. The summed E-state index contributed by atoms with van der Waals surface area (Å²) >= 11 is 0. The molecule has 0 aromatic carbocycles. The van der Waals surface area contributed by atoms with Crippen molar-refractivity contribution >= 4 is 0 Å². The Hall–Kier alpha value is -0.120. The minimum absolute atomic E-state index is 0.584. The highest BCUT2D eigenvalue weighted by Crippen LogP contribution is 2.40. The third-order valence-electron chi connectivity index (χ3n) is 4.25. The minimum atomic E-state index is 0.584. The van der Waals surface area contributed by atoms with Gasteiger partial charge in [0.05, 0.1) is 13.2 Å². The predicted octanol–water partition coefficient (Wildman–Crippen LogP) is 0.317. The zero-order valence-electron chi connectivity index (χ0n) is 8.96. The Bertz CT molecular complexity index is 213. The molecule has 0 saturated carbocycles. The van der Waals surface area contributed by atoms with Crippen LogP contribution in [0.4, 0.5) is 0 Å². The molecule has 0 amide bonds. The van der Waals surface area contributed by atoms with Crippen molar-refractivity contribution in [2.24, 2.45) is 11.3 Å². The zero-order chi connectivity index (χ0) is 9.60. The number of likely N-dealkylation sites (tertiary alicyclic amines) is 1. The Morgan fingerprint density at radius 3 is 2.71 bits per heavy atom. The first kappa shape index (κ1) is 9.13. The molecule has 0 bridgehead atoms. The smallest absolute Gasteiger partial charge is 0.0569 e.